The van der Waals surface area contributed by atoms with E-state index in [1.54, 1.807) is 48.5 Å². The number of carbonyl (C=O) groups excluding carboxylic acids is 1. The van der Waals surface area contributed by atoms with Gasteiger partial charge in [0.25, 0.3) is 5.91 Å². The lowest BCUT2D eigenvalue weighted by Gasteiger charge is -2.10. The Hall–Kier alpha value is -2.31. The van der Waals surface area contributed by atoms with Crippen LogP contribution in [0.4, 0.5) is 0 Å². The summed E-state index contributed by atoms with van der Waals surface area (Å²) >= 11 is 0. The van der Waals surface area contributed by atoms with Gasteiger partial charge in [0.15, 0.2) is 0 Å². The molecule has 0 aromatic heterocycles. The molecule has 0 heterocycles. The Labute approximate surface area is 131 Å². The summed E-state index contributed by atoms with van der Waals surface area (Å²) in [6.07, 6.45) is 0. The molecular weight excluding hydrogens is 281 g/mol. The van der Waals surface area contributed by atoms with Crippen molar-refractivity contribution in [2.75, 3.05) is 0 Å². The molecule has 0 aliphatic rings. The fourth-order valence-electron chi connectivity index (χ4n) is 1.89. The van der Waals surface area contributed by atoms with E-state index >= 15 is 0 Å². The smallest absolute Gasteiger partial charge is 0.457 e. The number of nitrogens with one attached hydrogen (secondary N) is 1. The molecule has 2 aromatic carbocycles. The van der Waals surface area contributed by atoms with Gasteiger partial charge in [-0.2, -0.15) is 0 Å². The van der Waals surface area contributed by atoms with Crippen molar-refractivity contribution in [1.82, 2.24) is 5.32 Å². The maximum Gasteiger partial charge on any atom is 0.488 e. The van der Waals surface area contributed by atoms with E-state index < -0.39 is 7.12 Å². The molecule has 2 aromatic rings. The zero-order valence-electron chi connectivity index (χ0n) is 12.5. The number of rotatable bonds is 5. The Morgan fingerprint density at radius 2 is 1.82 bits per heavy atom. The van der Waals surface area contributed by atoms with Crippen molar-refractivity contribution >= 4 is 18.5 Å². The van der Waals surface area contributed by atoms with Crippen LogP contribution >= 0.6 is 0 Å². The largest absolute Gasteiger partial charge is 0.488 e. The Balaban J connectivity index is 0.00000264. The quantitative estimate of drug-likeness (QED) is 0.732. The molecule has 5 nitrogen and oxygen atoms in total. The van der Waals surface area contributed by atoms with Gasteiger partial charge in [0, 0.05) is 13.0 Å². The van der Waals surface area contributed by atoms with Crippen LogP contribution < -0.4 is 15.5 Å². The molecule has 22 heavy (non-hydrogen) atoms. The third-order valence-electron chi connectivity index (χ3n) is 2.93. The molecule has 0 atom stereocenters. The van der Waals surface area contributed by atoms with Gasteiger partial charge in [0.2, 0.25) is 0 Å². The molecule has 0 saturated carbocycles. The Kier molecular flexibility index (Phi) is 5.19. The summed E-state index contributed by atoms with van der Waals surface area (Å²) in [7, 11) is -1.50. The maximum atomic E-state index is 12.0. The average Bonchev–Trinajstić information content (AvgIpc) is 2.47. The summed E-state index contributed by atoms with van der Waals surface area (Å²) in [5.74, 6) is 0.929. The number of hydrogen-bond donors (Lipinski definition) is 3. The van der Waals surface area contributed by atoms with Crippen molar-refractivity contribution in [1.29, 1.82) is 0 Å². The highest BCUT2D eigenvalue weighted by molar-refractivity contribution is 6.58. The van der Waals surface area contributed by atoms with Gasteiger partial charge in [0.1, 0.15) is 11.5 Å². The molecule has 0 spiro atoms. The second-order valence-electron chi connectivity index (χ2n) is 5.20. The summed E-state index contributed by atoms with van der Waals surface area (Å²) in [5, 5.41) is 20.9. The standard InChI is InChI=1S/C16H18BNO4.H2/c1-11(2)18-16(19)12-4-3-5-15(10-12)22-14-8-6-13(7-9-14)17(20)21;/h3-11,20-21H,1-2H3,(H,18,19);1H. The van der Waals surface area contributed by atoms with Gasteiger partial charge in [0.05, 0.1) is 0 Å². The van der Waals surface area contributed by atoms with Crippen LogP contribution in [0.3, 0.4) is 0 Å². The monoisotopic (exact) mass is 301 g/mol. The summed E-state index contributed by atoms with van der Waals surface area (Å²) in [6.45, 7) is 3.80. The number of benzene rings is 2. The van der Waals surface area contributed by atoms with Gasteiger partial charge in [-0.25, -0.2) is 0 Å². The van der Waals surface area contributed by atoms with E-state index in [0.29, 0.717) is 22.5 Å². The lowest BCUT2D eigenvalue weighted by Crippen LogP contribution is -2.30. The van der Waals surface area contributed by atoms with E-state index in [0.717, 1.165) is 0 Å². The molecule has 0 saturated heterocycles. The SMILES string of the molecule is CC(C)NC(=O)c1cccc(Oc2ccc(B(O)O)cc2)c1.[HH]. The third-order valence-corrected chi connectivity index (χ3v) is 2.93. The molecule has 0 bridgehead atoms. The molecule has 2 rings (SSSR count). The van der Waals surface area contributed by atoms with Gasteiger partial charge in [-0.05, 0) is 49.6 Å². The molecule has 3 N–H and O–H groups in total. The van der Waals surface area contributed by atoms with Crippen LogP contribution in [0, 0.1) is 0 Å². The summed E-state index contributed by atoms with van der Waals surface area (Å²) in [4.78, 5) is 12.0. The van der Waals surface area contributed by atoms with Crippen LogP contribution in [-0.4, -0.2) is 29.1 Å². The maximum absolute atomic E-state index is 12.0. The Bertz CT molecular complexity index is 647. The van der Waals surface area contributed by atoms with Gasteiger partial charge in [-0.1, -0.05) is 18.2 Å². The molecule has 0 aliphatic carbocycles. The minimum Gasteiger partial charge on any atom is -0.457 e. The molecule has 0 aliphatic heterocycles. The zero-order chi connectivity index (χ0) is 16.1. The van der Waals surface area contributed by atoms with Crippen molar-refractivity contribution in [3.63, 3.8) is 0 Å². The highest BCUT2D eigenvalue weighted by Crippen LogP contribution is 2.21. The van der Waals surface area contributed by atoms with Crippen LogP contribution in [0.5, 0.6) is 11.5 Å². The van der Waals surface area contributed by atoms with Crippen molar-refractivity contribution < 1.29 is 21.0 Å². The number of hydrogen-bond acceptors (Lipinski definition) is 4. The van der Waals surface area contributed by atoms with Gasteiger partial charge in [-0.3, -0.25) is 4.79 Å². The van der Waals surface area contributed by atoms with E-state index in [9.17, 15) is 4.79 Å². The molecule has 116 valence electrons. The van der Waals surface area contributed by atoms with Gasteiger partial charge >= 0.3 is 7.12 Å². The Morgan fingerprint density at radius 3 is 2.41 bits per heavy atom. The van der Waals surface area contributed by atoms with Crippen LogP contribution in [0.2, 0.25) is 0 Å². The fourth-order valence-corrected chi connectivity index (χ4v) is 1.89. The first-order valence-corrected chi connectivity index (χ1v) is 7.00. The summed E-state index contributed by atoms with van der Waals surface area (Å²) in [6, 6.07) is 13.3. The first-order valence-electron chi connectivity index (χ1n) is 7.00. The zero-order valence-corrected chi connectivity index (χ0v) is 12.5. The predicted molar refractivity (Wildman–Crippen MR) is 87.5 cm³/mol. The molecule has 1 amide bonds. The summed E-state index contributed by atoms with van der Waals surface area (Å²) in [5.41, 5.74) is 0.908. The van der Waals surface area contributed by atoms with Crippen LogP contribution in [0.25, 0.3) is 0 Å². The number of ether oxygens (including phenoxy) is 1. The average molecular weight is 301 g/mol. The summed E-state index contributed by atoms with van der Waals surface area (Å²) < 4.78 is 5.67. The molecular formula is C16H20BNO4. The van der Waals surface area contributed by atoms with Crippen LogP contribution in [0.1, 0.15) is 25.6 Å². The van der Waals surface area contributed by atoms with Crippen LogP contribution in [-0.2, 0) is 0 Å². The highest BCUT2D eigenvalue weighted by atomic mass is 16.5. The van der Waals surface area contributed by atoms with Gasteiger partial charge < -0.3 is 20.1 Å². The molecule has 6 heteroatoms. The Morgan fingerprint density at radius 1 is 1.14 bits per heavy atom. The van der Waals surface area contributed by atoms with E-state index in [-0.39, 0.29) is 13.4 Å². The third kappa shape index (κ3) is 4.34. The minimum atomic E-state index is -1.50. The second kappa shape index (κ2) is 7.11. The molecule has 0 unspecified atom stereocenters. The van der Waals surface area contributed by atoms with Crippen molar-refractivity contribution in [3.8, 4) is 11.5 Å². The number of amides is 1. The lowest BCUT2D eigenvalue weighted by atomic mass is 9.80. The first-order chi connectivity index (χ1) is 10.5. The normalized spacial score (nSPS) is 10.4. The van der Waals surface area contributed by atoms with E-state index in [1.165, 1.54) is 0 Å². The van der Waals surface area contributed by atoms with Crippen molar-refractivity contribution in [2.24, 2.45) is 0 Å². The lowest BCUT2D eigenvalue weighted by molar-refractivity contribution is 0.0943. The fraction of sp³-hybridized carbons (Fsp3) is 0.188. The predicted octanol–water partition coefficient (Wildman–Crippen LogP) is 1.54. The molecule has 0 radical (unpaired) electrons. The molecule has 0 fully saturated rings. The van der Waals surface area contributed by atoms with Crippen molar-refractivity contribution in [3.05, 3.63) is 54.1 Å². The van der Waals surface area contributed by atoms with Crippen LogP contribution in [0.15, 0.2) is 48.5 Å². The second-order valence-corrected chi connectivity index (χ2v) is 5.20. The van der Waals surface area contributed by atoms with Gasteiger partial charge in [-0.15, -0.1) is 0 Å². The van der Waals surface area contributed by atoms with E-state index in [4.69, 9.17) is 14.8 Å². The highest BCUT2D eigenvalue weighted by Gasteiger charge is 2.11. The topological polar surface area (TPSA) is 78.8 Å². The minimum absolute atomic E-state index is 0. The van der Waals surface area contributed by atoms with E-state index in [1.807, 2.05) is 13.8 Å². The van der Waals surface area contributed by atoms with E-state index in [2.05, 4.69) is 5.32 Å². The number of carbonyl (C=O) groups is 1. The van der Waals surface area contributed by atoms with Crippen molar-refractivity contribution in [2.45, 2.75) is 19.9 Å². The first kappa shape index (κ1) is 16.1.